The van der Waals surface area contributed by atoms with Crippen molar-refractivity contribution in [2.75, 3.05) is 32.7 Å². The number of esters is 1. The molecule has 13 heavy (non-hydrogen) atoms. The molecule has 1 N–H and O–H groups in total. The number of ether oxygens (including phenoxy) is 1. The SMILES string of the molecule is CCN1CC(C(=O)OC2CNC2)C1. The second-order valence-corrected chi connectivity index (χ2v) is 3.77. The molecule has 2 fully saturated rings. The summed E-state index contributed by atoms with van der Waals surface area (Å²) in [6, 6.07) is 0. The van der Waals surface area contributed by atoms with Crippen LogP contribution in [-0.2, 0) is 9.53 Å². The molecule has 0 unspecified atom stereocenters. The maximum Gasteiger partial charge on any atom is 0.311 e. The summed E-state index contributed by atoms with van der Waals surface area (Å²) in [5.41, 5.74) is 0. The van der Waals surface area contributed by atoms with Crippen LogP contribution in [0.15, 0.2) is 0 Å². The van der Waals surface area contributed by atoms with E-state index in [9.17, 15) is 4.79 Å². The molecule has 2 aliphatic heterocycles. The van der Waals surface area contributed by atoms with Gasteiger partial charge in [0.15, 0.2) is 0 Å². The molecule has 0 radical (unpaired) electrons. The fraction of sp³-hybridized carbons (Fsp3) is 0.889. The first-order valence-electron chi connectivity index (χ1n) is 4.93. The normalized spacial score (nSPS) is 25.0. The Bertz CT molecular complexity index is 198. The van der Waals surface area contributed by atoms with Gasteiger partial charge in [0.1, 0.15) is 6.10 Å². The smallest absolute Gasteiger partial charge is 0.311 e. The number of rotatable bonds is 3. The van der Waals surface area contributed by atoms with E-state index < -0.39 is 0 Å². The molecule has 0 aliphatic carbocycles. The van der Waals surface area contributed by atoms with E-state index >= 15 is 0 Å². The number of carbonyl (C=O) groups is 1. The summed E-state index contributed by atoms with van der Waals surface area (Å²) in [6.07, 6.45) is 0.142. The Morgan fingerprint density at radius 2 is 2.23 bits per heavy atom. The highest BCUT2D eigenvalue weighted by molar-refractivity contribution is 5.74. The molecule has 0 saturated carbocycles. The van der Waals surface area contributed by atoms with Crippen LogP contribution in [0.5, 0.6) is 0 Å². The monoisotopic (exact) mass is 184 g/mol. The van der Waals surface area contributed by atoms with E-state index in [1.54, 1.807) is 0 Å². The summed E-state index contributed by atoms with van der Waals surface area (Å²) >= 11 is 0. The second-order valence-electron chi connectivity index (χ2n) is 3.77. The molecule has 2 heterocycles. The van der Waals surface area contributed by atoms with Crippen LogP contribution in [0.1, 0.15) is 6.92 Å². The molecule has 2 aliphatic rings. The first kappa shape index (κ1) is 8.97. The highest BCUT2D eigenvalue weighted by atomic mass is 16.5. The molecule has 0 atom stereocenters. The summed E-state index contributed by atoms with van der Waals surface area (Å²) in [4.78, 5) is 13.7. The Kier molecular flexibility index (Phi) is 2.51. The first-order chi connectivity index (χ1) is 6.29. The quantitative estimate of drug-likeness (QED) is 0.598. The highest BCUT2D eigenvalue weighted by Crippen LogP contribution is 2.17. The average Bonchev–Trinajstić information content (AvgIpc) is 1.95. The van der Waals surface area contributed by atoms with Crippen molar-refractivity contribution in [3.63, 3.8) is 0 Å². The van der Waals surface area contributed by atoms with Crippen molar-refractivity contribution in [1.29, 1.82) is 0 Å². The zero-order valence-corrected chi connectivity index (χ0v) is 7.95. The fourth-order valence-corrected chi connectivity index (χ4v) is 1.58. The summed E-state index contributed by atoms with van der Waals surface area (Å²) in [5.74, 6) is 0.136. The minimum atomic E-state index is -0.00352. The van der Waals surface area contributed by atoms with E-state index in [-0.39, 0.29) is 18.0 Å². The third kappa shape index (κ3) is 1.84. The maximum absolute atomic E-state index is 11.4. The highest BCUT2D eigenvalue weighted by Gasteiger charge is 2.34. The van der Waals surface area contributed by atoms with Crippen molar-refractivity contribution >= 4 is 5.97 Å². The van der Waals surface area contributed by atoms with Crippen LogP contribution in [0.2, 0.25) is 0 Å². The summed E-state index contributed by atoms with van der Waals surface area (Å²) in [5, 5.41) is 3.07. The van der Waals surface area contributed by atoms with Gasteiger partial charge in [-0.2, -0.15) is 0 Å². The zero-order valence-electron chi connectivity index (χ0n) is 7.95. The standard InChI is InChI=1S/C9H16N2O2/c1-2-11-5-7(6-11)9(12)13-8-3-10-4-8/h7-8,10H,2-6H2,1H3. The lowest BCUT2D eigenvalue weighted by molar-refractivity contribution is -0.162. The summed E-state index contributed by atoms with van der Waals surface area (Å²) in [7, 11) is 0. The van der Waals surface area contributed by atoms with Gasteiger partial charge in [-0.25, -0.2) is 0 Å². The van der Waals surface area contributed by atoms with Gasteiger partial charge in [0.25, 0.3) is 0 Å². The van der Waals surface area contributed by atoms with Gasteiger partial charge in [-0.15, -0.1) is 0 Å². The van der Waals surface area contributed by atoms with Crippen LogP contribution in [0, 0.1) is 5.92 Å². The van der Waals surface area contributed by atoms with Crippen molar-refractivity contribution in [2.45, 2.75) is 13.0 Å². The molecular formula is C9H16N2O2. The number of nitrogens with zero attached hydrogens (tertiary/aromatic N) is 1. The van der Waals surface area contributed by atoms with Crippen LogP contribution in [0.25, 0.3) is 0 Å². The lowest BCUT2D eigenvalue weighted by Crippen LogP contribution is -2.54. The molecule has 2 saturated heterocycles. The molecule has 2 rings (SSSR count). The van der Waals surface area contributed by atoms with Crippen LogP contribution >= 0.6 is 0 Å². The number of likely N-dealkylation sites (tertiary alicyclic amines) is 1. The third-order valence-corrected chi connectivity index (χ3v) is 2.76. The largest absolute Gasteiger partial charge is 0.459 e. The predicted octanol–water partition coefficient (Wildman–Crippen LogP) is -0.547. The van der Waals surface area contributed by atoms with Gasteiger partial charge in [0.05, 0.1) is 5.92 Å². The topological polar surface area (TPSA) is 41.6 Å². The van der Waals surface area contributed by atoms with Crippen LogP contribution in [0.3, 0.4) is 0 Å². The van der Waals surface area contributed by atoms with E-state index in [1.165, 1.54) is 0 Å². The van der Waals surface area contributed by atoms with Crippen molar-refractivity contribution in [3.8, 4) is 0 Å². The third-order valence-electron chi connectivity index (χ3n) is 2.76. The Hall–Kier alpha value is -0.610. The lowest BCUT2D eigenvalue weighted by Gasteiger charge is -2.38. The number of hydrogen-bond acceptors (Lipinski definition) is 4. The van der Waals surface area contributed by atoms with Gasteiger partial charge < -0.3 is 15.0 Å². The molecule has 0 aromatic rings. The van der Waals surface area contributed by atoms with E-state index in [2.05, 4.69) is 17.1 Å². The van der Waals surface area contributed by atoms with Crippen molar-refractivity contribution in [3.05, 3.63) is 0 Å². The summed E-state index contributed by atoms with van der Waals surface area (Å²) < 4.78 is 5.25. The molecule has 0 aromatic carbocycles. The average molecular weight is 184 g/mol. The number of carbonyl (C=O) groups excluding carboxylic acids is 1. The van der Waals surface area contributed by atoms with Crippen LogP contribution in [-0.4, -0.2) is 49.7 Å². The summed E-state index contributed by atoms with van der Waals surface area (Å²) in [6.45, 7) is 6.57. The molecule has 0 spiro atoms. The minimum Gasteiger partial charge on any atom is -0.459 e. The number of hydrogen-bond donors (Lipinski definition) is 1. The Balaban J connectivity index is 1.67. The molecule has 74 valence electrons. The van der Waals surface area contributed by atoms with E-state index in [1.807, 2.05) is 0 Å². The Morgan fingerprint density at radius 1 is 1.54 bits per heavy atom. The zero-order chi connectivity index (χ0) is 9.26. The van der Waals surface area contributed by atoms with E-state index in [0.717, 1.165) is 32.7 Å². The van der Waals surface area contributed by atoms with Crippen LogP contribution < -0.4 is 5.32 Å². The lowest BCUT2D eigenvalue weighted by atomic mass is 10.0. The van der Waals surface area contributed by atoms with Crippen molar-refractivity contribution in [2.24, 2.45) is 5.92 Å². The fourth-order valence-electron chi connectivity index (χ4n) is 1.58. The van der Waals surface area contributed by atoms with Gasteiger partial charge in [-0.1, -0.05) is 6.92 Å². The molecular weight excluding hydrogens is 168 g/mol. The Morgan fingerprint density at radius 3 is 2.69 bits per heavy atom. The molecule has 0 bridgehead atoms. The number of nitrogens with one attached hydrogen (secondary N) is 1. The predicted molar refractivity (Wildman–Crippen MR) is 48.4 cm³/mol. The molecule has 0 amide bonds. The van der Waals surface area contributed by atoms with Crippen LogP contribution in [0.4, 0.5) is 0 Å². The Labute approximate surface area is 78.2 Å². The van der Waals surface area contributed by atoms with Crippen molar-refractivity contribution in [1.82, 2.24) is 10.2 Å². The van der Waals surface area contributed by atoms with Gasteiger partial charge in [0, 0.05) is 26.2 Å². The van der Waals surface area contributed by atoms with Gasteiger partial charge >= 0.3 is 5.97 Å². The second kappa shape index (κ2) is 3.64. The van der Waals surface area contributed by atoms with Gasteiger partial charge in [-0.3, -0.25) is 4.79 Å². The minimum absolute atomic E-state index is 0.00352. The maximum atomic E-state index is 11.4. The van der Waals surface area contributed by atoms with Gasteiger partial charge in [0.2, 0.25) is 0 Å². The molecule has 0 aromatic heterocycles. The molecule has 4 heteroatoms. The molecule has 4 nitrogen and oxygen atoms in total. The van der Waals surface area contributed by atoms with E-state index in [0.29, 0.717) is 0 Å². The van der Waals surface area contributed by atoms with Crippen molar-refractivity contribution < 1.29 is 9.53 Å². The van der Waals surface area contributed by atoms with Gasteiger partial charge in [-0.05, 0) is 6.54 Å². The first-order valence-corrected chi connectivity index (χ1v) is 4.93. The van der Waals surface area contributed by atoms with E-state index in [4.69, 9.17) is 4.74 Å².